The van der Waals surface area contributed by atoms with Gasteiger partial charge < -0.3 is 20.7 Å². The Kier molecular flexibility index (Phi) is 7.38. The predicted octanol–water partition coefficient (Wildman–Crippen LogP) is 3.70. The number of hydrogen-bond acceptors (Lipinski definition) is 4. The number of allylic oxidation sites excluding steroid dienone is 1. The van der Waals surface area contributed by atoms with Crippen molar-refractivity contribution in [3.63, 3.8) is 0 Å². The second-order valence-corrected chi connectivity index (χ2v) is 7.51. The number of carbonyl (C=O) groups is 2. The van der Waals surface area contributed by atoms with E-state index in [0.29, 0.717) is 12.2 Å². The van der Waals surface area contributed by atoms with Crippen molar-refractivity contribution in [2.24, 2.45) is 5.73 Å². The predicted molar refractivity (Wildman–Crippen MR) is 121 cm³/mol. The van der Waals surface area contributed by atoms with Gasteiger partial charge in [0.15, 0.2) is 0 Å². The first-order valence-electron chi connectivity index (χ1n) is 10.1. The standard InChI is InChI=1S/C24H25FN4O3/c1-16-13-27-15-29(16)14-19(18-5-7-20(25)8-6-18)11-17-3-2-4-21(12-17)28-22(24(31)32)9-10-23(26)30/h2-8,11-13,15,22,28H,9-10,14H2,1H3,(H2,26,30)(H,31,32)/b19-11-/t22-/m0/s1. The molecule has 3 aromatic rings. The van der Waals surface area contributed by atoms with Crippen LogP contribution in [0.3, 0.4) is 0 Å². The minimum Gasteiger partial charge on any atom is -0.480 e. The number of carbonyl (C=O) groups excluding carboxylic acids is 1. The van der Waals surface area contributed by atoms with Crippen LogP contribution in [-0.4, -0.2) is 32.6 Å². The number of nitrogens with one attached hydrogen (secondary N) is 1. The molecule has 0 aliphatic heterocycles. The molecule has 4 N–H and O–H groups in total. The molecule has 0 saturated carbocycles. The lowest BCUT2D eigenvalue weighted by Gasteiger charge is -2.16. The molecule has 3 rings (SSSR count). The van der Waals surface area contributed by atoms with Crippen LogP contribution >= 0.6 is 0 Å². The van der Waals surface area contributed by atoms with Crippen molar-refractivity contribution in [3.05, 3.63) is 83.7 Å². The van der Waals surface area contributed by atoms with Gasteiger partial charge in [-0.25, -0.2) is 14.2 Å². The molecule has 1 heterocycles. The molecule has 1 amide bonds. The van der Waals surface area contributed by atoms with Gasteiger partial charge in [0.2, 0.25) is 5.91 Å². The number of primary amides is 1. The minimum atomic E-state index is -1.06. The summed E-state index contributed by atoms with van der Waals surface area (Å²) < 4.78 is 15.4. The number of carboxylic acid groups (broad SMARTS) is 1. The van der Waals surface area contributed by atoms with Gasteiger partial charge >= 0.3 is 5.97 Å². The van der Waals surface area contributed by atoms with Gasteiger partial charge in [-0.15, -0.1) is 0 Å². The molecule has 32 heavy (non-hydrogen) atoms. The maximum atomic E-state index is 13.5. The number of aryl methyl sites for hydroxylation is 1. The number of amides is 1. The van der Waals surface area contributed by atoms with Crippen LogP contribution in [0, 0.1) is 12.7 Å². The first kappa shape index (κ1) is 22.7. The average Bonchev–Trinajstić information content (AvgIpc) is 3.15. The van der Waals surface area contributed by atoms with Crippen LogP contribution in [0.4, 0.5) is 10.1 Å². The molecule has 0 aliphatic carbocycles. The number of aliphatic carboxylic acids is 1. The molecule has 0 saturated heterocycles. The van der Waals surface area contributed by atoms with Crippen molar-refractivity contribution in [2.75, 3.05) is 5.32 Å². The lowest BCUT2D eigenvalue weighted by atomic mass is 10.0. The Hall–Kier alpha value is -3.94. The third kappa shape index (κ3) is 6.28. The molecule has 8 heteroatoms. The molecule has 166 valence electrons. The van der Waals surface area contributed by atoms with Crippen LogP contribution in [0.1, 0.15) is 29.7 Å². The molecule has 0 spiro atoms. The highest BCUT2D eigenvalue weighted by molar-refractivity contribution is 5.83. The smallest absolute Gasteiger partial charge is 0.326 e. The number of carboxylic acids is 1. The Morgan fingerprint density at radius 3 is 2.62 bits per heavy atom. The zero-order valence-electron chi connectivity index (χ0n) is 17.7. The van der Waals surface area contributed by atoms with Crippen LogP contribution in [0.15, 0.2) is 61.1 Å². The third-order valence-electron chi connectivity index (χ3n) is 5.02. The van der Waals surface area contributed by atoms with E-state index in [4.69, 9.17) is 5.73 Å². The molecule has 0 aliphatic rings. The number of aromatic nitrogens is 2. The van der Waals surface area contributed by atoms with E-state index in [2.05, 4.69) is 10.3 Å². The second kappa shape index (κ2) is 10.4. The topological polar surface area (TPSA) is 110 Å². The van der Waals surface area contributed by atoms with Crippen molar-refractivity contribution >= 4 is 29.2 Å². The van der Waals surface area contributed by atoms with Crippen molar-refractivity contribution < 1.29 is 19.1 Å². The fourth-order valence-corrected chi connectivity index (χ4v) is 3.28. The number of imidazole rings is 1. The number of rotatable bonds is 10. The summed E-state index contributed by atoms with van der Waals surface area (Å²) in [6.45, 7) is 2.49. The van der Waals surface area contributed by atoms with Gasteiger partial charge in [-0.2, -0.15) is 0 Å². The van der Waals surface area contributed by atoms with Crippen LogP contribution < -0.4 is 11.1 Å². The van der Waals surface area contributed by atoms with Crippen molar-refractivity contribution in [1.29, 1.82) is 0 Å². The molecule has 2 aromatic carbocycles. The van der Waals surface area contributed by atoms with Gasteiger partial charge in [-0.1, -0.05) is 24.3 Å². The minimum absolute atomic E-state index is 0.0253. The number of anilines is 1. The van der Waals surface area contributed by atoms with Gasteiger partial charge in [0.25, 0.3) is 0 Å². The third-order valence-corrected chi connectivity index (χ3v) is 5.02. The van der Waals surface area contributed by atoms with Crippen molar-refractivity contribution in [3.8, 4) is 0 Å². The summed E-state index contributed by atoms with van der Waals surface area (Å²) in [5.74, 6) is -1.92. The zero-order chi connectivity index (χ0) is 23.1. The van der Waals surface area contributed by atoms with E-state index in [0.717, 1.165) is 22.4 Å². The lowest BCUT2D eigenvalue weighted by Crippen LogP contribution is -2.30. The van der Waals surface area contributed by atoms with Crippen LogP contribution in [0.25, 0.3) is 11.6 Å². The van der Waals surface area contributed by atoms with Gasteiger partial charge in [0.05, 0.1) is 6.33 Å². The Balaban J connectivity index is 1.89. The van der Waals surface area contributed by atoms with E-state index in [9.17, 15) is 19.1 Å². The monoisotopic (exact) mass is 436 g/mol. The zero-order valence-corrected chi connectivity index (χ0v) is 17.7. The molecular weight excluding hydrogens is 411 g/mol. The summed E-state index contributed by atoms with van der Waals surface area (Å²) in [6.07, 6.45) is 5.54. The van der Waals surface area contributed by atoms with Crippen LogP contribution in [-0.2, 0) is 16.1 Å². The van der Waals surface area contributed by atoms with E-state index >= 15 is 0 Å². The Morgan fingerprint density at radius 1 is 1.25 bits per heavy atom. The van der Waals surface area contributed by atoms with Crippen molar-refractivity contribution in [2.45, 2.75) is 32.4 Å². The number of halogens is 1. The summed E-state index contributed by atoms with van der Waals surface area (Å²) in [4.78, 5) is 26.7. The normalized spacial score (nSPS) is 12.4. The lowest BCUT2D eigenvalue weighted by molar-refractivity contribution is -0.138. The highest BCUT2D eigenvalue weighted by Gasteiger charge is 2.18. The first-order chi connectivity index (χ1) is 15.3. The molecule has 0 radical (unpaired) electrons. The second-order valence-electron chi connectivity index (χ2n) is 7.51. The Morgan fingerprint density at radius 2 is 2.00 bits per heavy atom. The summed E-state index contributed by atoms with van der Waals surface area (Å²) in [7, 11) is 0. The Bertz CT molecular complexity index is 1120. The molecule has 0 bridgehead atoms. The number of nitrogens with two attached hydrogens (primary N) is 1. The van der Waals surface area contributed by atoms with Gasteiger partial charge in [-0.3, -0.25) is 4.79 Å². The van der Waals surface area contributed by atoms with E-state index < -0.39 is 17.9 Å². The maximum Gasteiger partial charge on any atom is 0.326 e. The number of nitrogens with zero attached hydrogens (tertiary/aromatic N) is 2. The summed E-state index contributed by atoms with van der Waals surface area (Å²) in [5, 5.41) is 12.4. The maximum absolute atomic E-state index is 13.5. The Labute approximate surface area is 185 Å². The van der Waals surface area contributed by atoms with E-state index in [1.54, 1.807) is 30.7 Å². The number of hydrogen-bond donors (Lipinski definition) is 3. The summed E-state index contributed by atoms with van der Waals surface area (Å²) in [5.41, 5.74) is 9.38. The molecule has 1 atom stereocenters. The van der Waals surface area contributed by atoms with Crippen LogP contribution in [0.2, 0.25) is 0 Å². The largest absolute Gasteiger partial charge is 0.480 e. The van der Waals surface area contributed by atoms with Gasteiger partial charge in [-0.05, 0) is 60.4 Å². The molecule has 1 aromatic heterocycles. The molecule has 0 fully saturated rings. The highest BCUT2D eigenvalue weighted by Crippen LogP contribution is 2.23. The molecule has 0 unspecified atom stereocenters. The quantitative estimate of drug-likeness (QED) is 0.420. The van der Waals surface area contributed by atoms with E-state index in [1.165, 1.54) is 12.1 Å². The molecule has 7 nitrogen and oxygen atoms in total. The van der Waals surface area contributed by atoms with Crippen molar-refractivity contribution in [1.82, 2.24) is 9.55 Å². The van der Waals surface area contributed by atoms with Crippen LogP contribution in [0.5, 0.6) is 0 Å². The highest BCUT2D eigenvalue weighted by atomic mass is 19.1. The summed E-state index contributed by atoms with van der Waals surface area (Å²) in [6, 6.07) is 12.6. The fraction of sp³-hybridized carbons (Fsp3) is 0.208. The van der Waals surface area contributed by atoms with Gasteiger partial charge in [0, 0.05) is 30.5 Å². The molecular formula is C24H25FN4O3. The van der Waals surface area contributed by atoms with Gasteiger partial charge in [0.1, 0.15) is 11.9 Å². The SMILES string of the molecule is Cc1cncn1C/C(=C/c1cccc(N[C@@H](CCC(N)=O)C(=O)O)c1)c1ccc(F)cc1. The van der Waals surface area contributed by atoms with E-state index in [1.807, 2.05) is 35.8 Å². The van der Waals surface area contributed by atoms with E-state index in [-0.39, 0.29) is 18.7 Å². The fourth-order valence-electron chi connectivity index (χ4n) is 3.28. The first-order valence-corrected chi connectivity index (χ1v) is 10.1. The number of benzene rings is 2. The average molecular weight is 436 g/mol. The summed E-state index contributed by atoms with van der Waals surface area (Å²) >= 11 is 0.